The van der Waals surface area contributed by atoms with E-state index in [1.165, 1.54) is 13.0 Å². The van der Waals surface area contributed by atoms with Crippen molar-refractivity contribution < 1.29 is 22.8 Å². The maximum Gasteiger partial charge on any atom is 0.416 e. The van der Waals surface area contributed by atoms with Crippen molar-refractivity contribution in [2.45, 2.75) is 32.5 Å². The van der Waals surface area contributed by atoms with E-state index in [-0.39, 0.29) is 11.6 Å². The summed E-state index contributed by atoms with van der Waals surface area (Å²) in [5, 5.41) is 5.29. The molecule has 0 aliphatic carbocycles. The molecule has 0 unspecified atom stereocenters. The molecule has 1 aliphatic heterocycles. The molecule has 3 rings (SSSR count). The van der Waals surface area contributed by atoms with Crippen LogP contribution in [0, 0.1) is 0 Å². The van der Waals surface area contributed by atoms with Gasteiger partial charge in [-0.3, -0.25) is 9.59 Å². The maximum absolute atomic E-state index is 13.2. The summed E-state index contributed by atoms with van der Waals surface area (Å²) in [6.45, 7) is 3.23. The highest BCUT2D eigenvalue weighted by molar-refractivity contribution is 6.06. The predicted octanol–water partition coefficient (Wildman–Crippen LogP) is 4.19. The first-order chi connectivity index (χ1) is 13.7. The van der Waals surface area contributed by atoms with Gasteiger partial charge < -0.3 is 15.5 Å². The van der Waals surface area contributed by atoms with Crippen LogP contribution in [0.4, 0.5) is 24.5 Å². The van der Waals surface area contributed by atoms with Crippen molar-refractivity contribution in [2.24, 2.45) is 0 Å². The number of benzene rings is 2. The summed E-state index contributed by atoms with van der Waals surface area (Å²) in [7, 11) is 0. The van der Waals surface area contributed by atoms with Gasteiger partial charge in [0.25, 0.3) is 5.91 Å². The fraction of sp³-hybridized carbons (Fsp3) is 0.333. The molecule has 0 radical (unpaired) electrons. The average molecular weight is 405 g/mol. The second kappa shape index (κ2) is 8.55. The number of carbonyl (C=O) groups excluding carboxylic acids is 2. The molecule has 29 heavy (non-hydrogen) atoms. The zero-order valence-electron chi connectivity index (χ0n) is 16.0. The van der Waals surface area contributed by atoms with E-state index in [1.54, 1.807) is 24.3 Å². The van der Waals surface area contributed by atoms with Crippen LogP contribution in [0.15, 0.2) is 42.5 Å². The average Bonchev–Trinajstić information content (AvgIpc) is 3.20. The second-order valence-corrected chi connectivity index (χ2v) is 6.98. The van der Waals surface area contributed by atoms with Crippen molar-refractivity contribution in [3.63, 3.8) is 0 Å². The largest absolute Gasteiger partial charge is 0.416 e. The summed E-state index contributed by atoms with van der Waals surface area (Å²) < 4.78 is 39.5. The number of anilines is 2. The Labute approximate surface area is 166 Å². The summed E-state index contributed by atoms with van der Waals surface area (Å²) in [6, 6.07) is 9.99. The van der Waals surface area contributed by atoms with Crippen LogP contribution in [0.25, 0.3) is 0 Å². The molecule has 2 N–H and O–H groups in total. The third-order valence-corrected chi connectivity index (χ3v) is 4.78. The minimum Gasteiger partial charge on any atom is -0.370 e. The lowest BCUT2D eigenvalue weighted by Crippen LogP contribution is -2.22. The SMILES string of the molecule is CC(=O)NCc1ccc(C(=O)Nc2cc(C(F)(F)F)ccc2N2CCCC2)cc1. The topological polar surface area (TPSA) is 61.4 Å². The Bertz CT molecular complexity index is 889. The molecule has 0 saturated carbocycles. The Kier molecular flexibility index (Phi) is 6.10. The van der Waals surface area contributed by atoms with Gasteiger partial charge in [0.05, 0.1) is 16.9 Å². The summed E-state index contributed by atoms with van der Waals surface area (Å²) in [5.74, 6) is -0.651. The minimum atomic E-state index is -4.49. The highest BCUT2D eigenvalue weighted by Gasteiger charge is 2.32. The standard InChI is InChI=1S/C21H22F3N3O2/c1-14(28)25-13-15-4-6-16(7-5-15)20(29)26-18-12-17(21(22,23)24)8-9-19(18)27-10-2-3-11-27/h4-9,12H,2-3,10-11,13H2,1H3,(H,25,28)(H,26,29). The Morgan fingerprint density at radius 1 is 1.03 bits per heavy atom. The number of rotatable bonds is 5. The van der Waals surface area contributed by atoms with Gasteiger partial charge in [-0.05, 0) is 48.7 Å². The fourth-order valence-electron chi connectivity index (χ4n) is 3.24. The van der Waals surface area contributed by atoms with Crippen molar-refractivity contribution in [1.82, 2.24) is 5.32 Å². The van der Waals surface area contributed by atoms with Crippen molar-refractivity contribution in [2.75, 3.05) is 23.3 Å². The number of halogens is 3. The van der Waals surface area contributed by atoms with Gasteiger partial charge in [-0.15, -0.1) is 0 Å². The normalized spacial score (nSPS) is 14.0. The van der Waals surface area contributed by atoms with Crippen LogP contribution < -0.4 is 15.5 Å². The van der Waals surface area contributed by atoms with Gasteiger partial charge in [0.2, 0.25) is 5.91 Å². The van der Waals surface area contributed by atoms with E-state index < -0.39 is 17.6 Å². The summed E-state index contributed by atoms with van der Waals surface area (Å²) in [4.78, 5) is 25.6. The number of amides is 2. The third kappa shape index (κ3) is 5.28. The lowest BCUT2D eigenvalue weighted by atomic mass is 10.1. The quantitative estimate of drug-likeness (QED) is 0.784. The van der Waals surface area contributed by atoms with Crippen LogP contribution in [0.2, 0.25) is 0 Å². The first-order valence-electron chi connectivity index (χ1n) is 9.35. The van der Waals surface area contributed by atoms with Gasteiger partial charge in [-0.25, -0.2) is 0 Å². The molecule has 1 saturated heterocycles. The lowest BCUT2D eigenvalue weighted by Gasteiger charge is -2.23. The summed E-state index contributed by atoms with van der Waals surface area (Å²) >= 11 is 0. The van der Waals surface area contributed by atoms with Crippen molar-refractivity contribution in [1.29, 1.82) is 0 Å². The Balaban J connectivity index is 1.81. The zero-order chi connectivity index (χ0) is 21.0. The minimum absolute atomic E-state index is 0.147. The smallest absolute Gasteiger partial charge is 0.370 e. The lowest BCUT2D eigenvalue weighted by molar-refractivity contribution is -0.137. The van der Waals surface area contributed by atoms with E-state index in [9.17, 15) is 22.8 Å². The van der Waals surface area contributed by atoms with Gasteiger partial charge in [-0.2, -0.15) is 13.2 Å². The first-order valence-corrected chi connectivity index (χ1v) is 9.35. The molecule has 1 heterocycles. The van der Waals surface area contributed by atoms with Gasteiger partial charge in [0, 0.05) is 32.1 Å². The molecule has 0 bridgehead atoms. The molecule has 154 valence electrons. The molecular formula is C21H22F3N3O2. The summed E-state index contributed by atoms with van der Waals surface area (Å²) in [5.41, 5.74) is 1.07. The van der Waals surface area contributed by atoms with Crippen LogP contribution in [0.5, 0.6) is 0 Å². The van der Waals surface area contributed by atoms with Crippen LogP contribution in [-0.2, 0) is 17.5 Å². The maximum atomic E-state index is 13.2. The van der Waals surface area contributed by atoms with E-state index in [2.05, 4.69) is 10.6 Å². The van der Waals surface area contributed by atoms with Gasteiger partial charge in [-0.1, -0.05) is 12.1 Å². The molecule has 0 aromatic heterocycles. The van der Waals surface area contributed by atoms with Crippen LogP contribution in [0.1, 0.15) is 41.3 Å². The monoisotopic (exact) mass is 405 g/mol. The fourth-order valence-corrected chi connectivity index (χ4v) is 3.24. The van der Waals surface area contributed by atoms with Gasteiger partial charge in [0.1, 0.15) is 0 Å². The number of hydrogen-bond acceptors (Lipinski definition) is 3. The van der Waals surface area contributed by atoms with Crippen LogP contribution in [0.3, 0.4) is 0 Å². The number of hydrogen-bond donors (Lipinski definition) is 2. The highest BCUT2D eigenvalue weighted by atomic mass is 19.4. The Morgan fingerprint density at radius 3 is 2.28 bits per heavy atom. The van der Waals surface area contributed by atoms with E-state index in [4.69, 9.17) is 0 Å². The number of nitrogens with zero attached hydrogens (tertiary/aromatic N) is 1. The number of nitrogens with one attached hydrogen (secondary N) is 2. The first kappa shape index (κ1) is 20.7. The zero-order valence-corrected chi connectivity index (χ0v) is 16.0. The number of carbonyl (C=O) groups is 2. The predicted molar refractivity (Wildman–Crippen MR) is 105 cm³/mol. The number of alkyl halides is 3. The molecule has 5 nitrogen and oxygen atoms in total. The molecule has 2 aromatic carbocycles. The Hall–Kier alpha value is -3.03. The van der Waals surface area contributed by atoms with Gasteiger partial charge >= 0.3 is 6.18 Å². The Morgan fingerprint density at radius 2 is 1.69 bits per heavy atom. The van der Waals surface area contributed by atoms with E-state index in [0.717, 1.165) is 43.6 Å². The van der Waals surface area contributed by atoms with Crippen LogP contribution >= 0.6 is 0 Å². The molecule has 2 amide bonds. The molecule has 2 aromatic rings. The van der Waals surface area contributed by atoms with E-state index in [0.29, 0.717) is 17.8 Å². The van der Waals surface area contributed by atoms with Crippen LogP contribution in [-0.4, -0.2) is 24.9 Å². The third-order valence-electron chi connectivity index (χ3n) is 4.78. The highest BCUT2D eigenvalue weighted by Crippen LogP contribution is 2.36. The van der Waals surface area contributed by atoms with Crippen molar-refractivity contribution in [3.05, 3.63) is 59.2 Å². The van der Waals surface area contributed by atoms with Crippen molar-refractivity contribution >= 4 is 23.2 Å². The van der Waals surface area contributed by atoms with E-state index >= 15 is 0 Å². The summed E-state index contributed by atoms with van der Waals surface area (Å²) in [6.07, 6.45) is -2.57. The molecule has 1 aliphatic rings. The molecule has 8 heteroatoms. The van der Waals surface area contributed by atoms with E-state index in [1.807, 2.05) is 4.90 Å². The molecule has 1 fully saturated rings. The molecular weight excluding hydrogens is 383 g/mol. The van der Waals surface area contributed by atoms with Gasteiger partial charge in [0.15, 0.2) is 0 Å². The second-order valence-electron chi connectivity index (χ2n) is 6.98. The molecule has 0 atom stereocenters. The van der Waals surface area contributed by atoms with Crippen molar-refractivity contribution in [3.8, 4) is 0 Å². The molecule has 0 spiro atoms.